The minimum Gasteiger partial charge on any atom is -0.349 e. The van der Waals surface area contributed by atoms with Crippen molar-refractivity contribution < 1.29 is 9.59 Å². The van der Waals surface area contributed by atoms with Gasteiger partial charge in [-0.2, -0.15) is 0 Å². The molecule has 0 radical (unpaired) electrons. The van der Waals surface area contributed by atoms with Gasteiger partial charge in [0.1, 0.15) is 11.3 Å². The summed E-state index contributed by atoms with van der Waals surface area (Å²) in [6.07, 6.45) is 3.30. The van der Waals surface area contributed by atoms with E-state index in [9.17, 15) is 9.59 Å². The number of rotatable bonds is 3. The van der Waals surface area contributed by atoms with Gasteiger partial charge in [0.05, 0.1) is 0 Å². The molecule has 1 aliphatic heterocycles. The highest BCUT2D eigenvalue weighted by Gasteiger charge is 2.26. The zero-order chi connectivity index (χ0) is 19.7. The number of hydrogen-bond donors (Lipinski definition) is 1. The van der Waals surface area contributed by atoms with Crippen molar-refractivity contribution in [1.29, 1.82) is 0 Å². The molecule has 1 fully saturated rings. The van der Waals surface area contributed by atoms with E-state index in [2.05, 4.69) is 10.3 Å². The molecule has 0 atom stereocenters. The van der Waals surface area contributed by atoms with Gasteiger partial charge in [0.25, 0.3) is 11.8 Å². The number of imidazole rings is 1. The molecule has 4 rings (SSSR count). The fourth-order valence-electron chi connectivity index (χ4n) is 3.73. The molecule has 28 heavy (non-hydrogen) atoms. The van der Waals surface area contributed by atoms with Crippen molar-refractivity contribution >= 4 is 17.5 Å². The van der Waals surface area contributed by atoms with Gasteiger partial charge in [0.2, 0.25) is 0 Å². The summed E-state index contributed by atoms with van der Waals surface area (Å²) in [7, 11) is 0. The second-order valence-electron chi connectivity index (χ2n) is 7.38. The highest BCUT2D eigenvalue weighted by Crippen LogP contribution is 2.16. The summed E-state index contributed by atoms with van der Waals surface area (Å²) in [5.74, 6) is -0.0921. The number of aromatic nitrogens is 2. The average molecular weight is 376 g/mol. The fraction of sp³-hybridized carbons (Fsp3) is 0.318. The SMILES string of the molecule is Cc1ccccc1C(=O)NC1CCN(C(=O)c2cn3c(C)cccc3n2)CC1. The topological polar surface area (TPSA) is 66.7 Å². The molecule has 0 bridgehead atoms. The number of amides is 2. The second-order valence-corrected chi connectivity index (χ2v) is 7.38. The van der Waals surface area contributed by atoms with E-state index in [0.29, 0.717) is 24.3 Å². The monoisotopic (exact) mass is 376 g/mol. The van der Waals surface area contributed by atoms with E-state index < -0.39 is 0 Å². The smallest absolute Gasteiger partial charge is 0.274 e. The van der Waals surface area contributed by atoms with E-state index in [-0.39, 0.29) is 17.9 Å². The lowest BCUT2D eigenvalue weighted by Crippen LogP contribution is -2.46. The van der Waals surface area contributed by atoms with Crippen LogP contribution in [0.1, 0.15) is 44.9 Å². The predicted molar refractivity (Wildman–Crippen MR) is 107 cm³/mol. The molecule has 6 heteroatoms. The van der Waals surface area contributed by atoms with Crippen LogP contribution in [0.25, 0.3) is 5.65 Å². The number of likely N-dealkylation sites (tertiary alicyclic amines) is 1. The molecular weight excluding hydrogens is 352 g/mol. The Labute approximate surface area is 164 Å². The summed E-state index contributed by atoms with van der Waals surface area (Å²) < 4.78 is 1.93. The van der Waals surface area contributed by atoms with Gasteiger partial charge >= 0.3 is 0 Å². The first-order chi connectivity index (χ1) is 13.5. The molecule has 2 aromatic heterocycles. The van der Waals surface area contributed by atoms with Gasteiger partial charge in [0.15, 0.2) is 0 Å². The fourth-order valence-corrected chi connectivity index (χ4v) is 3.73. The van der Waals surface area contributed by atoms with E-state index in [1.807, 2.05) is 65.6 Å². The molecule has 3 aromatic rings. The number of carbonyl (C=O) groups excluding carboxylic acids is 2. The van der Waals surface area contributed by atoms with Crippen molar-refractivity contribution in [3.8, 4) is 0 Å². The van der Waals surface area contributed by atoms with E-state index >= 15 is 0 Å². The van der Waals surface area contributed by atoms with Crippen LogP contribution < -0.4 is 5.32 Å². The quantitative estimate of drug-likeness (QED) is 0.764. The molecule has 1 aliphatic rings. The number of benzene rings is 1. The number of fused-ring (bicyclic) bond motifs is 1. The van der Waals surface area contributed by atoms with Gasteiger partial charge in [-0.3, -0.25) is 9.59 Å². The van der Waals surface area contributed by atoms with Crippen molar-refractivity contribution in [2.75, 3.05) is 13.1 Å². The number of nitrogens with one attached hydrogen (secondary N) is 1. The van der Waals surface area contributed by atoms with Crippen LogP contribution in [0.2, 0.25) is 0 Å². The highest BCUT2D eigenvalue weighted by molar-refractivity contribution is 5.96. The summed E-state index contributed by atoms with van der Waals surface area (Å²) in [6.45, 7) is 5.16. The Hall–Kier alpha value is -3.15. The Morgan fingerprint density at radius 3 is 2.50 bits per heavy atom. The van der Waals surface area contributed by atoms with Crippen molar-refractivity contribution in [2.24, 2.45) is 0 Å². The van der Waals surface area contributed by atoms with Crippen molar-refractivity contribution in [1.82, 2.24) is 19.6 Å². The van der Waals surface area contributed by atoms with Gasteiger partial charge in [0, 0.05) is 36.6 Å². The molecule has 2 amide bonds. The number of nitrogens with zero attached hydrogens (tertiary/aromatic N) is 3. The van der Waals surface area contributed by atoms with E-state index in [1.165, 1.54) is 0 Å². The van der Waals surface area contributed by atoms with Crippen LogP contribution in [0, 0.1) is 13.8 Å². The number of hydrogen-bond acceptors (Lipinski definition) is 3. The van der Waals surface area contributed by atoms with Crippen molar-refractivity contribution in [3.63, 3.8) is 0 Å². The molecule has 1 N–H and O–H groups in total. The maximum absolute atomic E-state index is 12.8. The normalized spacial score (nSPS) is 15.0. The molecule has 0 aliphatic carbocycles. The van der Waals surface area contributed by atoms with Crippen molar-refractivity contribution in [2.45, 2.75) is 32.7 Å². The third kappa shape index (κ3) is 3.50. The molecule has 6 nitrogen and oxygen atoms in total. The Morgan fingerprint density at radius 1 is 1.04 bits per heavy atom. The Bertz CT molecular complexity index is 1030. The first kappa shape index (κ1) is 18.2. The Morgan fingerprint density at radius 2 is 1.79 bits per heavy atom. The van der Waals surface area contributed by atoms with Crippen LogP contribution in [-0.2, 0) is 0 Å². The summed E-state index contributed by atoms with van der Waals surface area (Å²) in [6, 6.07) is 13.5. The van der Waals surface area contributed by atoms with Crippen LogP contribution >= 0.6 is 0 Å². The second kappa shape index (κ2) is 7.46. The lowest BCUT2D eigenvalue weighted by Gasteiger charge is -2.32. The molecule has 3 heterocycles. The zero-order valence-electron chi connectivity index (χ0n) is 16.2. The first-order valence-corrected chi connectivity index (χ1v) is 9.63. The third-order valence-electron chi connectivity index (χ3n) is 5.42. The summed E-state index contributed by atoms with van der Waals surface area (Å²) in [4.78, 5) is 31.6. The number of aryl methyl sites for hydroxylation is 2. The van der Waals surface area contributed by atoms with Gasteiger partial charge < -0.3 is 14.6 Å². The van der Waals surface area contributed by atoms with Crippen LogP contribution in [0.15, 0.2) is 48.7 Å². The average Bonchev–Trinajstić information content (AvgIpc) is 3.14. The third-order valence-corrected chi connectivity index (χ3v) is 5.42. The minimum atomic E-state index is -0.0493. The molecule has 1 saturated heterocycles. The lowest BCUT2D eigenvalue weighted by atomic mass is 10.0. The van der Waals surface area contributed by atoms with E-state index in [4.69, 9.17) is 0 Å². The van der Waals surface area contributed by atoms with E-state index in [1.54, 1.807) is 6.20 Å². The predicted octanol–water partition coefficient (Wildman–Crippen LogP) is 2.99. The lowest BCUT2D eigenvalue weighted by molar-refractivity contribution is 0.0693. The summed E-state index contributed by atoms with van der Waals surface area (Å²) in [5.41, 5.74) is 3.97. The first-order valence-electron chi connectivity index (χ1n) is 9.63. The van der Waals surface area contributed by atoms with Crippen LogP contribution in [0.4, 0.5) is 0 Å². The maximum atomic E-state index is 12.8. The largest absolute Gasteiger partial charge is 0.349 e. The Kier molecular flexibility index (Phi) is 4.86. The van der Waals surface area contributed by atoms with Gasteiger partial charge in [-0.25, -0.2) is 4.98 Å². The number of pyridine rings is 1. The molecular formula is C22H24N4O2. The van der Waals surface area contributed by atoms with Gasteiger partial charge in [-0.15, -0.1) is 0 Å². The molecule has 0 unspecified atom stereocenters. The number of piperidine rings is 1. The van der Waals surface area contributed by atoms with Gasteiger partial charge in [-0.1, -0.05) is 24.3 Å². The zero-order valence-corrected chi connectivity index (χ0v) is 16.2. The Balaban J connectivity index is 1.38. The maximum Gasteiger partial charge on any atom is 0.274 e. The van der Waals surface area contributed by atoms with Gasteiger partial charge in [-0.05, 0) is 50.5 Å². The number of carbonyl (C=O) groups is 2. The summed E-state index contributed by atoms with van der Waals surface area (Å²) in [5, 5.41) is 3.11. The van der Waals surface area contributed by atoms with Crippen LogP contribution in [0.3, 0.4) is 0 Å². The van der Waals surface area contributed by atoms with E-state index in [0.717, 1.165) is 29.7 Å². The summed E-state index contributed by atoms with van der Waals surface area (Å²) >= 11 is 0. The molecule has 1 aromatic carbocycles. The molecule has 0 spiro atoms. The minimum absolute atomic E-state index is 0.0429. The van der Waals surface area contributed by atoms with Crippen molar-refractivity contribution in [3.05, 3.63) is 71.2 Å². The molecule has 144 valence electrons. The highest BCUT2D eigenvalue weighted by atomic mass is 16.2. The standard InChI is InChI=1S/C22H24N4O2/c1-15-6-3-4-8-18(15)21(27)23-17-10-12-25(13-11-17)22(28)19-14-26-16(2)7-5-9-20(26)24-19/h3-9,14,17H,10-13H2,1-2H3,(H,23,27). The van der Waals surface area contributed by atoms with Crippen LogP contribution in [-0.4, -0.2) is 45.2 Å². The van der Waals surface area contributed by atoms with Crippen LogP contribution in [0.5, 0.6) is 0 Å². The molecule has 0 saturated carbocycles.